The van der Waals surface area contributed by atoms with Gasteiger partial charge < -0.3 is 14.2 Å². The third-order valence-corrected chi connectivity index (χ3v) is 3.97. The number of esters is 1. The molecule has 0 unspecified atom stereocenters. The molecule has 0 aliphatic rings. The van der Waals surface area contributed by atoms with Gasteiger partial charge in [-0.15, -0.1) is 0 Å². The molecule has 0 amide bonds. The zero-order valence-electron chi connectivity index (χ0n) is 15.9. The van der Waals surface area contributed by atoms with Gasteiger partial charge in [0.1, 0.15) is 5.82 Å². The Morgan fingerprint density at radius 1 is 1.14 bits per heavy atom. The fourth-order valence-electron chi connectivity index (χ4n) is 2.71. The van der Waals surface area contributed by atoms with Crippen molar-refractivity contribution >= 4 is 23.1 Å². The zero-order valence-corrected chi connectivity index (χ0v) is 15.9. The van der Waals surface area contributed by atoms with Crippen LogP contribution in [0.4, 0.5) is 0 Å². The van der Waals surface area contributed by atoms with Gasteiger partial charge in [-0.2, -0.15) is 9.78 Å². The second kappa shape index (κ2) is 7.91. The molecule has 1 heterocycles. The first-order valence-electron chi connectivity index (χ1n) is 8.41. The van der Waals surface area contributed by atoms with Crippen LogP contribution in [0.2, 0.25) is 0 Å². The van der Waals surface area contributed by atoms with E-state index < -0.39 is 5.97 Å². The maximum atomic E-state index is 12.7. The summed E-state index contributed by atoms with van der Waals surface area (Å²) in [6.07, 6.45) is 1.48. The van der Waals surface area contributed by atoms with Gasteiger partial charge in [0, 0.05) is 12.5 Å². The monoisotopic (exact) mass is 381 g/mol. The van der Waals surface area contributed by atoms with Gasteiger partial charge in [-0.25, -0.2) is 4.98 Å². The number of aromatic nitrogens is 2. The van der Waals surface area contributed by atoms with Gasteiger partial charge in [-0.1, -0.05) is 12.1 Å². The van der Waals surface area contributed by atoms with Crippen molar-refractivity contribution in [2.45, 2.75) is 13.8 Å². The molecule has 0 aliphatic carbocycles. The molecule has 0 saturated heterocycles. The molecule has 144 valence electrons. The molecule has 0 aliphatic heterocycles. The molecule has 0 bridgehead atoms. The molecule has 8 heteroatoms. The lowest BCUT2D eigenvalue weighted by Crippen LogP contribution is -2.20. The van der Waals surface area contributed by atoms with Crippen molar-refractivity contribution in [3.8, 4) is 17.2 Å². The predicted octanol–water partition coefficient (Wildman–Crippen LogP) is 2.53. The number of aryl methyl sites for hydroxylation is 1. The first-order valence-corrected chi connectivity index (χ1v) is 8.41. The first kappa shape index (κ1) is 19.1. The van der Waals surface area contributed by atoms with Gasteiger partial charge >= 0.3 is 5.97 Å². The Kier molecular flexibility index (Phi) is 5.39. The number of para-hydroxylation sites is 1. The molecule has 0 atom stereocenters. The lowest BCUT2D eigenvalue weighted by Gasteiger charge is -2.13. The fourth-order valence-corrected chi connectivity index (χ4v) is 2.71. The van der Waals surface area contributed by atoms with Crippen LogP contribution in [0.5, 0.6) is 17.2 Å². The summed E-state index contributed by atoms with van der Waals surface area (Å²) in [4.78, 5) is 28.4. The standard InChI is InChI=1S/C20H19N3O5/c1-12-22-16-8-6-5-7-15(16)20(25)23(12)21-11-14-9-17(26-3)19(28-13(2)24)18(10-14)27-4/h5-11H,1-4H3. The van der Waals surface area contributed by atoms with Crippen LogP contribution in [-0.2, 0) is 4.79 Å². The van der Waals surface area contributed by atoms with E-state index in [1.807, 2.05) is 6.07 Å². The molecule has 0 spiro atoms. The van der Waals surface area contributed by atoms with Gasteiger partial charge in [0.25, 0.3) is 5.56 Å². The van der Waals surface area contributed by atoms with Gasteiger partial charge in [0.2, 0.25) is 5.75 Å². The molecular weight excluding hydrogens is 362 g/mol. The SMILES string of the molecule is COc1cc(C=Nn2c(C)nc3ccccc3c2=O)cc(OC)c1OC(C)=O. The van der Waals surface area contributed by atoms with E-state index in [9.17, 15) is 9.59 Å². The lowest BCUT2D eigenvalue weighted by molar-refractivity contribution is -0.132. The van der Waals surface area contributed by atoms with E-state index >= 15 is 0 Å². The van der Waals surface area contributed by atoms with Crippen LogP contribution in [0, 0.1) is 6.92 Å². The Balaban J connectivity index is 2.07. The Morgan fingerprint density at radius 3 is 2.39 bits per heavy atom. The minimum Gasteiger partial charge on any atom is -0.493 e. The van der Waals surface area contributed by atoms with Crippen molar-refractivity contribution in [3.63, 3.8) is 0 Å². The third kappa shape index (κ3) is 3.71. The summed E-state index contributed by atoms with van der Waals surface area (Å²) in [6.45, 7) is 2.99. The van der Waals surface area contributed by atoms with E-state index in [4.69, 9.17) is 14.2 Å². The number of ether oxygens (including phenoxy) is 3. The molecule has 28 heavy (non-hydrogen) atoms. The Hall–Kier alpha value is -3.68. The van der Waals surface area contributed by atoms with Crippen LogP contribution in [0.25, 0.3) is 10.9 Å². The number of hydrogen-bond acceptors (Lipinski definition) is 7. The van der Waals surface area contributed by atoms with Crippen molar-refractivity contribution in [1.82, 2.24) is 9.66 Å². The van der Waals surface area contributed by atoms with Crippen LogP contribution in [-0.4, -0.2) is 36.1 Å². The number of benzene rings is 2. The highest BCUT2D eigenvalue weighted by Crippen LogP contribution is 2.38. The zero-order chi connectivity index (χ0) is 20.3. The highest BCUT2D eigenvalue weighted by atomic mass is 16.6. The summed E-state index contributed by atoms with van der Waals surface area (Å²) in [5.41, 5.74) is 0.935. The first-order chi connectivity index (χ1) is 13.4. The van der Waals surface area contributed by atoms with Crippen molar-refractivity contribution in [1.29, 1.82) is 0 Å². The summed E-state index contributed by atoms with van der Waals surface area (Å²) in [6, 6.07) is 10.3. The smallest absolute Gasteiger partial charge is 0.308 e. The second-order valence-electron chi connectivity index (χ2n) is 5.89. The number of methoxy groups -OCH3 is 2. The molecule has 0 saturated carbocycles. The van der Waals surface area contributed by atoms with E-state index in [1.54, 1.807) is 37.3 Å². The summed E-state index contributed by atoms with van der Waals surface area (Å²) in [5.74, 6) is 0.738. The van der Waals surface area contributed by atoms with Crippen molar-refractivity contribution < 1.29 is 19.0 Å². The van der Waals surface area contributed by atoms with Gasteiger partial charge in [0.05, 0.1) is 31.3 Å². The quantitative estimate of drug-likeness (QED) is 0.383. The Labute approximate surface area is 161 Å². The van der Waals surface area contributed by atoms with E-state index in [0.717, 1.165) is 0 Å². The molecule has 3 rings (SSSR count). The van der Waals surface area contributed by atoms with E-state index in [1.165, 1.54) is 32.0 Å². The number of fused-ring (bicyclic) bond motifs is 1. The number of carbonyl (C=O) groups is 1. The third-order valence-electron chi connectivity index (χ3n) is 3.97. The normalized spacial score (nSPS) is 11.0. The summed E-state index contributed by atoms with van der Waals surface area (Å²) in [5, 5.41) is 4.74. The van der Waals surface area contributed by atoms with Gasteiger partial charge in [-0.3, -0.25) is 9.59 Å². The molecule has 0 N–H and O–H groups in total. The average Bonchev–Trinajstić information content (AvgIpc) is 2.68. The van der Waals surface area contributed by atoms with Crippen LogP contribution in [0.1, 0.15) is 18.3 Å². The van der Waals surface area contributed by atoms with E-state index in [2.05, 4.69) is 10.1 Å². The Morgan fingerprint density at radius 2 is 1.79 bits per heavy atom. The molecule has 0 fully saturated rings. The van der Waals surface area contributed by atoms with Gasteiger partial charge in [-0.05, 0) is 31.2 Å². The van der Waals surface area contributed by atoms with Crippen molar-refractivity contribution in [2.24, 2.45) is 5.10 Å². The lowest BCUT2D eigenvalue weighted by atomic mass is 10.2. The highest BCUT2D eigenvalue weighted by Gasteiger charge is 2.16. The number of nitrogens with zero attached hydrogens (tertiary/aromatic N) is 3. The predicted molar refractivity (Wildman–Crippen MR) is 105 cm³/mol. The van der Waals surface area contributed by atoms with E-state index in [-0.39, 0.29) is 11.3 Å². The molecule has 0 radical (unpaired) electrons. The number of rotatable bonds is 5. The Bertz CT molecular complexity index is 1110. The maximum Gasteiger partial charge on any atom is 0.308 e. The summed E-state index contributed by atoms with van der Waals surface area (Å²) < 4.78 is 17.0. The number of hydrogen-bond donors (Lipinski definition) is 0. The maximum absolute atomic E-state index is 12.7. The minimum atomic E-state index is -0.498. The minimum absolute atomic E-state index is 0.176. The molecule has 8 nitrogen and oxygen atoms in total. The fraction of sp³-hybridized carbons (Fsp3) is 0.200. The average molecular weight is 381 g/mol. The van der Waals surface area contributed by atoms with Crippen LogP contribution in [0.3, 0.4) is 0 Å². The molecular formula is C20H19N3O5. The molecule has 3 aromatic rings. The van der Waals surface area contributed by atoms with Crippen LogP contribution >= 0.6 is 0 Å². The van der Waals surface area contributed by atoms with Crippen molar-refractivity contribution in [2.75, 3.05) is 14.2 Å². The molecule has 2 aromatic carbocycles. The largest absolute Gasteiger partial charge is 0.493 e. The summed E-state index contributed by atoms with van der Waals surface area (Å²) >= 11 is 0. The van der Waals surface area contributed by atoms with Crippen molar-refractivity contribution in [3.05, 3.63) is 58.1 Å². The second-order valence-corrected chi connectivity index (χ2v) is 5.89. The van der Waals surface area contributed by atoms with Crippen LogP contribution in [0.15, 0.2) is 46.3 Å². The molecule has 1 aromatic heterocycles. The number of carbonyl (C=O) groups excluding carboxylic acids is 1. The highest BCUT2D eigenvalue weighted by molar-refractivity contribution is 5.83. The van der Waals surface area contributed by atoms with E-state index in [0.29, 0.717) is 33.8 Å². The topological polar surface area (TPSA) is 92.0 Å². The van der Waals surface area contributed by atoms with Crippen LogP contribution < -0.4 is 19.8 Å². The van der Waals surface area contributed by atoms with Gasteiger partial charge in [0.15, 0.2) is 11.5 Å². The summed E-state index contributed by atoms with van der Waals surface area (Å²) in [7, 11) is 2.90.